The highest BCUT2D eigenvalue weighted by atomic mass is 19.1. The summed E-state index contributed by atoms with van der Waals surface area (Å²) in [5.41, 5.74) is 4.01. The molecule has 0 unspecified atom stereocenters. The minimum atomic E-state index is -0.439. The van der Waals surface area contributed by atoms with E-state index in [4.69, 9.17) is 9.47 Å². The molecule has 1 aliphatic heterocycles. The van der Waals surface area contributed by atoms with Gasteiger partial charge in [0.25, 0.3) is 0 Å². The van der Waals surface area contributed by atoms with Gasteiger partial charge in [-0.05, 0) is 31.8 Å². The number of hydrogen-bond donors (Lipinski definition) is 0. The Bertz CT molecular complexity index is 1270. The van der Waals surface area contributed by atoms with Crippen LogP contribution in [0.25, 0.3) is 27.7 Å². The second-order valence-electron chi connectivity index (χ2n) is 8.20. The van der Waals surface area contributed by atoms with E-state index < -0.39 is 5.82 Å². The average Bonchev–Trinajstić information content (AvgIpc) is 3.17. The van der Waals surface area contributed by atoms with Crippen LogP contribution in [-0.4, -0.2) is 78.0 Å². The van der Waals surface area contributed by atoms with E-state index >= 15 is 0 Å². The molecule has 0 spiro atoms. The molecule has 4 aromatic rings. The molecule has 0 radical (unpaired) electrons. The third kappa shape index (κ3) is 3.74. The summed E-state index contributed by atoms with van der Waals surface area (Å²) in [6.07, 6.45) is 7.53. The van der Waals surface area contributed by atoms with Crippen LogP contribution < -0.4 is 9.64 Å². The minimum Gasteiger partial charge on any atom is -0.494 e. The number of aromatic nitrogens is 4. The number of hydrogen-bond acceptors (Lipinski definition) is 7. The van der Waals surface area contributed by atoms with Gasteiger partial charge in [0.1, 0.15) is 0 Å². The summed E-state index contributed by atoms with van der Waals surface area (Å²) in [7, 11) is 5.53. The maximum Gasteiger partial charge on any atom is 0.167 e. The number of pyridine rings is 1. The Labute approximate surface area is 185 Å². The molecule has 32 heavy (non-hydrogen) atoms. The minimum absolute atomic E-state index is 0.179. The van der Waals surface area contributed by atoms with Crippen LogP contribution in [0.4, 0.5) is 10.1 Å². The Kier molecular flexibility index (Phi) is 5.36. The molecule has 1 aromatic carbocycles. The summed E-state index contributed by atoms with van der Waals surface area (Å²) in [5.74, 6) is -0.260. The third-order valence-electron chi connectivity index (χ3n) is 5.75. The van der Waals surface area contributed by atoms with Crippen molar-refractivity contribution in [2.45, 2.75) is 6.10 Å². The van der Waals surface area contributed by atoms with Gasteiger partial charge in [0.05, 0.1) is 49.6 Å². The van der Waals surface area contributed by atoms with Crippen LogP contribution in [0, 0.1) is 5.82 Å². The van der Waals surface area contributed by atoms with Crippen LogP contribution in [0.15, 0.2) is 43.0 Å². The molecule has 1 aliphatic rings. The highest BCUT2D eigenvalue weighted by Crippen LogP contribution is 2.34. The van der Waals surface area contributed by atoms with E-state index in [1.54, 1.807) is 23.0 Å². The number of halogens is 1. The van der Waals surface area contributed by atoms with Crippen LogP contribution in [0.2, 0.25) is 0 Å². The lowest BCUT2D eigenvalue weighted by Crippen LogP contribution is -2.53. The molecule has 0 N–H and O–H groups in total. The van der Waals surface area contributed by atoms with Crippen LogP contribution >= 0.6 is 0 Å². The third-order valence-corrected chi connectivity index (χ3v) is 5.75. The number of nitrogens with zero attached hydrogens (tertiary/aromatic N) is 6. The lowest BCUT2D eigenvalue weighted by molar-refractivity contribution is 0.0268. The van der Waals surface area contributed by atoms with Gasteiger partial charge in [-0.25, -0.2) is 13.9 Å². The molecule has 0 aliphatic carbocycles. The molecule has 0 bridgehead atoms. The number of rotatable bonds is 7. The molecular formula is C23H25FN6O2. The van der Waals surface area contributed by atoms with Crippen molar-refractivity contribution in [1.29, 1.82) is 0 Å². The van der Waals surface area contributed by atoms with Crippen molar-refractivity contribution in [2.75, 3.05) is 52.3 Å². The van der Waals surface area contributed by atoms with Crippen molar-refractivity contribution in [3.05, 3.63) is 48.8 Å². The van der Waals surface area contributed by atoms with Gasteiger partial charge in [0, 0.05) is 42.8 Å². The van der Waals surface area contributed by atoms with Gasteiger partial charge in [-0.1, -0.05) is 0 Å². The van der Waals surface area contributed by atoms with Gasteiger partial charge >= 0.3 is 0 Å². The number of likely N-dealkylation sites (N-methyl/N-ethyl adjacent to an activating group) is 1. The Hall–Kier alpha value is -3.30. The van der Waals surface area contributed by atoms with E-state index in [0.717, 1.165) is 54.1 Å². The molecule has 9 heteroatoms. The van der Waals surface area contributed by atoms with Crippen molar-refractivity contribution in [1.82, 2.24) is 24.5 Å². The van der Waals surface area contributed by atoms with Gasteiger partial charge in [0.2, 0.25) is 0 Å². The Balaban J connectivity index is 1.40. The van der Waals surface area contributed by atoms with Gasteiger partial charge in [0.15, 0.2) is 17.2 Å². The van der Waals surface area contributed by atoms with Crippen LogP contribution in [-0.2, 0) is 4.74 Å². The second-order valence-corrected chi connectivity index (χ2v) is 8.20. The zero-order valence-electron chi connectivity index (χ0n) is 18.3. The topological polar surface area (TPSA) is 68.0 Å². The summed E-state index contributed by atoms with van der Waals surface area (Å²) in [5, 5.41) is 5.30. The fourth-order valence-electron chi connectivity index (χ4n) is 3.91. The first kappa shape index (κ1) is 20.6. The van der Waals surface area contributed by atoms with E-state index in [0.29, 0.717) is 5.52 Å². The quantitative estimate of drug-likeness (QED) is 0.441. The first-order chi connectivity index (χ1) is 15.5. The Morgan fingerprint density at radius 2 is 2.00 bits per heavy atom. The molecule has 5 rings (SSSR count). The standard InChI is InChI=1S/C23H25FN6O2/c1-28(2)6-7-32-16-13-29(14-16)15-10-26-23-19(11-27-30(23)12-15)17-4-5-25-21-9-20(24)22(31-3)8-18(17)21/h4-5,8-12,16H,6-7,13-14H2,1-3H3. The smallest absolute Gasteiger partial charge is 0.167 e. The van der Waals surface area contributed by atoms with Crippen molar-refractivity contribution >= 4 is 22.2 Å². The Morgan fingerprint density at radius 3 is 2.78 bits per heavy atom. The van der Waals surface area contributed by atoms with Gasteiger partial charge < -0.3 is 19.3 Å². The summed E-state index contributed by atoms with van der Waals surface area (Å²) in [6.45, 7) is 3.34. The lowest BCUT2D eigenvalue weighted by atomic mass is 10.0. The molecule has 1 fully saturated rings. The van der Waals surface area contributed by atoms with Crippen molar-refractivity contribution < 1.29 is 13.9 Å². The molecule has 0 saturated carbocycles. The van der Waals surface area contributed by atoms with E-state index in [9.17, 15) is 4.39 Å². The van der Waals surface area contributed by atoms with Crippen molar-refractivity contribution in [3.8, 4) is 16.9 Å². The normalized spacial score (nSPS) is 14.5. The lowest BCUT2D eigenvalue weighted by Gasteiger charge is -2.40. The predicted octanol–water partition coefficient (Wildman–Crippen LogP) is 2.86. The molecule has 0 atom stereocenters. The monoisotopic (exact) mass is 436 g/mol. The molecule has 3 aromatic heterocycles. The van der Waals surface area contributed by atoms with Crippen molar-refractivity contribution in [2.24, 2.45) is 0 Å². The summed E-state index contributed by atoms with van der Waals surface area (Å²) in [4.78, 5) is 13.3. The molecular weight excluding hydrogens is 411 g/mol. The fourth-order valence-corrected chi connectivity index (χ4v) is 3.91. The summed E-state index contributed by atoms with van der Waals surface area (Å²) in [6, 6.07) is 4.94. The largest absolute Gasteiger partial charge is 0.494 e. The molecule has 8 nitrogen and oxygen atoms in total. The number of benzene rings is 1. The maximum atomic E-state index is 14.1. The van der Waals surface area contributed by atoms with E-state index in [1.807, 2.05) is 32.6 Å². The number of methoxy groups -OCH3 is 1. The van der Waals surface area contributed by atoms with E-state index in [1.165, 1.54) is 13.2 Å². The summed E-state index contributed by atoms with van der Waals surface area (Å²) >= 11 is 0. The first-order valence-electron chi connectivity index (χ1n) is 10.5. The number of anilines is 1. The second kappa shape index (κ2) is 8.33. The fraction of sp³-hybridized carbons (Fsp3) is 0.348. The van der Waals surface area contributed by atoms with Crippen LogP contribution in [0.3, 0.4) is 0 Å². The number of ether oxygens (including phenoxy) is 2. The zero-order chi connectivity index (χ0) is 22.2. The van der Waals surface area contributed by atoms with Crippen LogP contribution in [0.5, 0.6) is 5.75 Å². The number of fused-ring (bicyclic) bond motifs is 2. The van der Waals surface area contributed by atoms with Gasteiger partial charge in [-0.3, -0.25) is 4.98 Å². The van der Waals surface area contributed by atoms with E-state index in [-0.39, 0.29) is 11.9 Å². The average molecular weight is 436 g/mol. The van der Waals surface area contributed by atoms with Crippen LogP contribution in [0.1, 0.15) is 0 Å². The molecule has 0 amide bonds. The van der Waals surface area contributed by atoms with Gasteiger partial charge in [-0.15, -0.1) is 0 Å². The highest BCUT2D eigenvalue weighted by Gasteiger charge is 2.28. The van der Waals surface area contributed by atoms with Gasteiger partial charge in [-0.2, -0.15) is 5.10 Å². The first-order valence-corrected chi connectivity index (χ1v) is 10.5. The molecule has 166 valence electrons. The van der Waals surface area contributed by atoms with E-state index in [2.05, 4.69) is 24.9 Å². The zero-order valence-corrected chi connectivity index (χ0v) is 18.3. The molecule has 1 saturated heterocycles. The highest BCUT2D eigenvalue weighted by molar-refractivity contribution is 5.98. The Morgan fingerprint density at radius 1 is 1.16 bits per heavy atom. The maximum absolute atomic E-state index is 14.1. The predicted molar refractivity (Wildman–Crippen MR) is 121 cm³/mol. The summed E-state index contributed by atoms with van der Waals surface area (Å²) < 4.78 is 27.0. The van der Waals surface area contributed by atoms with Crippen molar-refractivity contribution in [3.63, 3.8) is 0 Å². The molecule has 4 heterocycles. The SMILES string of the molecule is COc1cc2c(-c3cnn4cc(N5CC(OCCN(C)C)C5)cnc34)ccnc2cc1F.